The molecule has 1 aliphatic heterocycles. The molecular weight excluding hydrogens is 316 g/mol. The van der Waals surface area contributed by atoms with Gasteiger partial charge in [-0.15, -0.1) is 0 Å². The number of hydrogen-bond donors (Lipinski definition) is 0. The molecule has 6 nitrogen and oxygen atoms in total. The average molecular weight is 340 g/mol. The number of likely N-dealkylation sites (tertiary alicyclic amines) is 1. The van der Waals surface area contributed by atoms with Gasteiger partial charge in [0, 0.05) is 31.2 Å². The first-order valence-electron chi connectivity index (χ1n) is 9.17. The zero-order chi connectivity index (χ0) is 17.1. The van der Waals surface area contributed by atoms with E-state index in [-0.39, 0.29) is 11.9 Å². The molecule has 1 amide bonds. The van der Waals surface area contributed by atoms with E-state index in [1.54, 1.807) is 12.4 Å². The highest BCUT2D eigenvalue weighted by atomic mass is 16.5. The van der Waals surface area contributed by atoms with Crippen molar-refractivity contribution in [3.05, 3.63) is 42.4 Å². The number of hydrogen-bond acceptors (Lipinski definition) is 4. The van der Waals surface area contributed by atoms with Gasteiger partial charge in [-0.05, 0) is 50.2 Å². The summed E-state index contributed by atoms with van der Waals surface area (Å²) in [5, 5.41) is 4.28. The second-order valence-corrected chi connectivity index (χ2v) is 7.02. The molecule has 1 aliphatic carbocycles. The highest BCUT2D eigenvalue weighted by molar-refractivity contribution is 5.94. The van der Waals surface area contributed by atoms with Crippen LogP contribution in [-0.4, -0.2) is 44.8 Å². The fourth-order valence-corrected chi connectivity index (χ4v) is 3.33. The monoisotopic (exact) mass is 340 g/mol. The summed E-state index contributed by atoms with van der Waals surface area (Å²) in [7, 11) is 0. The molecule has 0 N–H and O–H groups in total. The maximum Gasteiger partial charge on any atom is 0.255 e. The molecule has 6 heteroatoms. The lowest BCUT2D eigenvalue weighted by Gasteiger charge is -2.35. The summed E-state index contributed by atoms with van der Waals surface area (Å²) >= 11 is 0. The molecule has 3 heterocycles. The highest BCUT2D eigenvalue weighted by Crippen LogP contribution is 2.29. The lowest BCUT2D eigenvalue weighted by Crippen LogP contribution is -2.46. The predicted octanol–water partition coefficient (Wildman–Crippen LogP) is 2.76. The summed E-state index contributed by atoms with van der Waals surface area (Å²) in [5.74, 6) is 1.35. The van der Waals surface area contributed by atoms with Crippen LogP contribution in [0, 0.1) is 5.92 Å². The summed E-state index contributed by atoms with van der Waals surface area (Å²) in [6.07, 6.45) is 11.1. The Kier molecular flexibility index (Phi) is 4.68. The van der Waals surface area contributed by atoms with E-state index in [2.05, 4.69) is 10.1 Å². The van der Waals surface area contributed by atoms with Crippen molar-refractivity contribution in [1.82, 2.24) is 19.7 Å². The Balaban J connectivity index is 1.41. The second-order valence-electron chi connectivity index (χ2n) is 7.02. The minimum absolute atomic E-state index is 0.0538. The molecule has 2 aromatic heterocycles. The molecule has 132 valence electrons. The van der Waals surface area contributed by atoms with Crippen LogP contribution in [0.2, 0.25) is 0 Å². The molecule has 1 saturated carbocycles. The molecule has 25 heavy (non-hydrogen) atoms. The van der Waals surface area contributed by atoms with E-state index in [0.717, 1.165) is 39.0 Å². The van der Waals surface area contributed by atoms with Gasteiger partial charge in [0.25, 0.3) is 5.91 Å². The maximum atomic E-state index is 12.9. The van der Waals surface area contributed by atoms with Crippen molar-refractivity contribution >= 4 is 5.91 Å². The van der Waals surface area contributed by atoms with E-state index in [1.165, 1.54) is 12.8 Å². The van der Waals surface area contributed by atoms with Crippen molar-refractivity contribution in [1.29, 1.82) is 0 Å². The zero-order valence-corrected chi connectivity index (χ0v) is 14.4. The van der Waals surface area contributed by atoms with Gasteiger partial charge in [-0.2, -0.15) is 5.10 Å². The third kappa shape index (κ3) is 4.00. The highest BCUT2D eigenvalue weighted by Gasteiger charge is 2.28. The van der Waals surface area contributed by atoms with Crippen LogP contribution in [0.3, 0.4) is 0 Å². The van der Waals surface area contributed by atoms with Gasteiger partial charge in [0.15, 0.2) is 0 Å². The van der Waals surface area contributed by atoms with Crippen molar-refractivity contribution < 1.29 is 9.53 Å². The minimum atomic E-state index is 0.0538. The number of carbonyl (C=O) groups excluding carboxylic acids is 1. The molecule has 1 saturated heterocycles. The standard InChI is InChI=1S/C19H24N4O2/c24-19(16-7-8-18(20-12-16)25-14-15-5-6-15)23-11-2-1-4-17(23)13-22-10-3-9-21-22/h3,7-10,12,15,17H,1-2,4-6,11,13-14H2/t17-/m1/s1. The topological polar surface area (TPSA) is 60.2 Å². The minimum Gasteiger partial charge on any atom is -0.477 e. The normalized spacial score (nSPS) is 20.5. The van der Waals surface area contributed by atoms with Crippen LogP contribution in [0.15, 0.2) is 36.8 Å². The molecule has 2 fully saturated rings. The smallest absolute Gasteiger partial charge is 0.255 e. The number of carbonyl (C=O) groups is 1. The number of ether oxygens (including phenoxy) is 1. The van der Waals surface area contributed by atoms with Gasteiger partial charge in [-0.1, -0.05) is 0 Å². The lowest BCUT2D eigenvalue weighted by atomic mass is 10.0. The van der Waals surface area contributed by atoms with Gasteiger partial charge in [-0.3, -0.25) is 9.48 Å². The van der Waals surface area contributed by atoms with Gasteiger partial charge in [0.05, 0.1) is 24.8 Å². The second kappa shape index (κ2) is 7.25. The number of aromatic nitrogens is 3. The fourth-order valence-electron chi connectivity index (χ4n) is 3.33. The fraction of sp³-hybridized carbons (Fsp3) is 0.526. The van der Waals surface area contributed by atoms with Gasteiger partial charge in [-0.25, -0.2) is 4.98 Å². The number of amides is 1. The van der Waals surface area contributed by atoms with Crippen LogP contribution < -0.4 is 4.74 Å². The number of piperidine rings is 1. The van der Waals surface area contributed by atoms with Crippen molar-refractivity contribution in [2.75, 3.05) is 13.2 Å². The molecule has 0 radical (unpaired) electrons. The van der Waals surface area contributed by atoms with Gasteiger partial charge >= 0.3 is 0 Å². The maximum absolute atomic E-state index is 12.9. The Morgan fingerprint density at radius 2 is 2.16 bits per heavy atom. The number of pyridine rings is 1. The molecule has 2 aromatic rings. The largest absolute Gasteiger partial charge is 0.477 e. The number of nitrogens with zero attached hydrogens (tertiary/aromatic N) is 4. The third-order valence-corrected chi connectivity index (χ3v) is 4.99. The Labute approximate surface area is 147 Å². The first-order chi connectivity index (χ1) is 12.3. The zero-order valence-electron chi connectivity index (χ0n) is 14.4. The van der Waals surface area contributed by atoms with E-state index in [4.69, 9.17) is 4.74 Å². The summed E-state index contributed by atoms with van der Waals surface area (Å²) in [4.78, 5) is 19.2. The van der Waals surface area contributed by atoms with Gasteiger partial charge in [0.1, 0.15) is 0 Å². The molecule has 2 aliphatic rings. The first kappa shape index (κ1) is 16.1. The Morgan fingerprint density at radius 3 is 2.88 bits per heavy atom. The van der Waals surface area contributed by atoms with Crippen LogP contribution >= 0.6 is 0 Å². The molecule has 0 spiro atoms. The quantitative estimate of drug-likeness (QED) is 0.811. The van der Waals surface area contributed by atoms with Crippen LogP contribution in [0.4, 0.5) is 0 Å². The van der Waals surface area contributed by atoms with Crippen molar-refractivity contribution in [2.24, 2.45) is 5.92 Å². The van der Waals surface area contributed by atoms with E-state index in [9.17, 15) is 4.79 Å². The van der Waals surface area contributed by atoms with E-state index in [1.807, 2.05) is 34.0 Å². The Bertz CT molecular complexity index is 695. The van der Waals surface area contributed by atoms with Crippen LogP contribution in [0.1, 0.15) is 42.5 Å². The summed E-state index contributed by atoms with van der Waals surface area (Å²) in [5.41, 5.74) is 0.631. The Morgan fingerprint density at radius 1 is 1.24 bits per heavy atom. The first-order valence-corrected chi connectivity index (χ1v) is 9.17. The molecule has 1 atom stereocenters. The predicted molar refractivity (Wildman–Crippen MR) is 93.4 cm³/mol. The summed E-state index contributed by atoms with van der Waals surface area (Å²) in [6, 6.07) is 5.74. The van der Waals surface area contributed by atoms with Gasteiger partial charge < -0.3 is 9.64 Å². The van der Waals surface area contributed by atoms with E-state index < -0.39 is 0 Å². The van der Waals surface area contributed by atoms with Crippen LogP contribution in [-0.2, 0) is 6.54 Å². The average Bonchev–Trinajstić information content (AvgIpc) is 3.35. The van der Waals surface area contributed by atoms with Crippen molar-refractivity contribution in [3.8, 4) is 5.88 Å². The molecule has 0 unspecified atom stereocenters. The summed E-state index contributed by atoms with van der Waals surface area (Å²) in [6.45, 7) is 2.28. The van der Waals surface area contributed by atoms with Crippen molar-refractivity contribution in [2.45, 2.75) is 44.7 Å². The third-order valence-electron chi connectivity index (χ3n) is 4.99. The molecular formula is C19H24N4O2. The molecule has 0 bridgehead atoms. The lowest BCUT2D eigenvalue weighted by molar-refractivity contribution is 0.0583. The summed E-state index contributed by atoms with van der Waals surface area (Å²) < 4.78 is 7.56. The van der Waals surface area contributed by atoms with E-state index in [0.29, 0.717) is 17.4 Å². The van der Waals surface area contributed by atoms with Crippen LogP contribution in [0.25, 0.3) is 0 Å². The number of rotatable bonds is 6. The van der Waals surface area contributed by atoms with Crippen LogP contribution in [0.5, 0.6) is 5.88 Å². The van der Waals surface area contributed by atoms with Crippen molar-refractivity contribution in [3.63, 3.8) is 0 Å². The molecule has 0 aromatic carbocycles. The molecule has 4 rings (SSSR count). The SMILES string of the molecule is O=C(c1ccc(OCC2CC2)nc1)N1CCCC[C@@H]1Cn1cccn1. The Hall–Kier alpha value is -2.37. The van der Waals surface area contributed by atoms with E-state index >= 15 is 0 Å². The van der Waals surface area contributed by atoms with Gasteiger partial charge in [0.2, 0.25) is 5.88 Å².